The highest BCUT2D eigenvalue weighted by Gasteiger charge is 2.10. The highest BCUT2D eigenvalue weighted by Crippen LogP contribution is 2.35. The van der Waals surface area contributed by atoms with Crippen LogP contribution in [0.3, 0.4) is 0 Å². The van der Waals surface area contributed by atoms with Gasteiger partial charge < -0.3 is 0 Å². The third kappa shape index (κ3) is 3.12. The quantitative estimate of drug-likeness (QED) is 0.381. The van der Waals surface area contributed by atoms with E-state index in [1.165, 1.54) is 38.9 Å². The summed E-state index contributed by atoms with van der Waals surface area (Å²) in [5.41, 5.74) is 8.90. The Labute approximate surface area is 149 Å². The molecule has 0 radical (unpaired) electrons. The number of hydrogen-bond acceptors (Lipinski definition) is 0. The van der Waals surface area contributed by atoms with Gasteiger partial charge in [0.1, 0.15) is 0 Å². The second-order valence-corrected chi connectivity index (χ2v) is 6.31. The molecule has 0 bridgehead atoms. The fourth-order valence-corrected chi connectivity index (χ4v) is 3.31. The molecule has 0 saturated carbocycles. The van der Waals surface area contributed by atoms with Crippen molar-refractivity contribution in [3.63, 3.8) is 0 Å². The average Bonchev–Trinajstić information content (AvgIpc) is 2.70. The molecule has 120 valence electrons. The van der Waals surface area contributed by atoms with Crippen molar-refractivity contribution in [2.45, 2.75) is 6.92 Å². The van der Waals surface area contributed by atoms with Crippen LogP contribution in [0.5, 0.6) is 0 Å². The molecule has 0 N–H and O–H groups in total. The van der Waals surface area contributed by atoms with Crippen LogP contribution in [0.15, 0.2) is 103 Å². The van der Waals surface area contributed by atoms with Crippen molar-refractivity contribution in [1.82, 2.24) is 0 Å². The van der Waals surface area contributed by atoms with E-state index in [9.17, 15) is 0 Å². The van der Waals surface area contributed by atoms with E-state index in [2.05, 4.69) is 110 Å². The summed E-state index contributed by atoms with van der Waals surface area (Å²) < 4.78 is 0. The summed E-state index contributed by atoms with van der Waals surface area (Å²) >= 11 is 0. The molecule has 0 heterocycles. The molecule has 0 spiro atoms. The topological polar surface area (TPSA) is 0 Å². The van der Waals surface area contributed by atoms with Gasteiger partial charge in [0.15, 0.2) is 0 Å². The Balaban J connectivity index is 1.89. The van der Waals surface area contributed by atoms with E-state index < -0.39 is 0 Å². The summed E-state index contributed by atoms with van der Waals surface area (Å²) in [7, 11) is 0. The molecule has 0 aliphatic rings. The van der Waals surface area contributed by atoms with E-state index in [-0.39, 0.29) is 0 Å². The minimum atomic E-state index is 1.25. The van der Waals surface area contributed by atoms with Gasteiger partial charge in [-0.15, -0.1) is 0 Å². The summed E-state index contributed by atoms with van der Waals surface area (Å²) in [6.07, 6.45) is 0. The van der Waals surface area contributed by atoms with Gasteiger partial charge in [-0.05, 0) is 51.9 Å². The van der Waals surface area contributed by atoms with Gasteiger partial charge in [-0.1, -0.05) is 97.1 Å². The first kappa shape index (κ1) is 15.4. The molecule has 4 aromatic carbocycles. The van der Waals surface area contributed by atoms with E-state index in [1.807, 2.05) is 0 Å². The normalized spacial score (nSPS) is 10.6. The third-order valence-corrected chi connectivity index (χ3v) is 4.65. The van der Waals surface area contributed by atoms with Gasteiger partial charge in [0.2, 0.25) is 0 Å². The minimum absolute atomic E-state index is 1.25. The van der Waals surface area contributed by atoms with E-state index in [0.717, 1.165) is 0 Å². The largest absolute Gasteiger partial charge is 0.0622 e. The first-order valence-corrected chi connectivity index (χ1v) is 8.64. The van der Waals surface area contributed by atoms with Crippen LogP contribution in [0.2, 0.25) is 0 Å². The summed E-state index contributed by atoms with van der Waals surface area (Å²) in [4.78, 5) is 0. The molecule has 0 aliphatic heterocycles. The monoisotopic (exact) mass is 320 g/mol. The van der Waals surface area contributed by atoms with Crippen LogP contribution >= 0.6 is 0 Å². The lowest BCUT2D eigenvalue weighted by molar-refractivity contribution is 1.45. The van der Waals surface area contributed by atoms with Crippen LogP contribution in [0.4, 0.5) is 0 Å². The molecule has 0 nitrogen and oxygen atoms in total. The van der Waals surface area contributed by atoms with Crippen molar-refractivity contribution in [3.05, 3.63) is 109 Å². The zero-order chi connectivity index (χ0) is 17.1. The van der Waals surface area contributed by atoms with Crippen molar-refractivity contribution in [3.8, 4) is 33.4 Å². The average molecular weight is 320 g/mol. The molecule has 0 heteroatoms. The van der Waals surface area contributed by atoms with Gasteiger partial charge in [0, 0.05) is 0 Å². The Bertz CT molecular complexity index is 983. The molecule has 4 aromatic rings. The maximum absolute atomic E-state index is 2.31. The van der Waals surface area contributed by atoms with Gasteiger partial charge in [-0.25, -0.2) is 0 Å². The van der Waals surface area contributed by atoms with E-state index in [4.69, 9.17) is 0 Å². The van der Waals surface area contributed by atoms with Gasteiger partial charge in [-0.3, -0.25) is 0 Å². The fourth-order valence-electron chi connectivity index (χ4n) is 3.31. The molecule has 4 rings (SSSR count). The van der Waals surface area contributed by atoms with Crippen LogP contribution in [0, 0.1) is 6.92 Å². The van der Waals surface area contributed by atoms with E-state index >= 15 is 0 Å². The number of hydrogen-bond donors (Lipinski definition) is 0. The Kier molecular flexibility index (Phi) is 4.18. The van der Waals surface area contributed by atoms with Crippen molar-refractivity contribution in [2.75, 3.05) is 0 Å². The molecule has 0 amide bonds. The lowest BCUT2D eigenvalue weighted by Gasteiger charge is -2.14. The lowest BCUT2D eigenvalue weighted by atomic mass is 9.90. The maximum atomic E-state index is 2.31. The second kappa shape index (κ2) is 6.78. The summed E-state index contributed by atoms with van der Waals surface area (Å²) in [6.45, 7) is 2.19. The predicted molar refractivity (Wildman–Crippen MR) is 107 cm³/mol. The molecule has 0 saturated heterocycles. The van der Waals surface area contributed by atoms with Crippen molar-refractivity contribution in [2.24, 2.45) is 0 Å². The second-order valence-electron chi connectivity index (χ2n) is 6.31. The molecular formula is C25H20. The van der Waals surface area contributed by atoms with Crippen molar-refractivity contribution in [1.29, 1.82) is 0 Å². The zero-order valence-electron chi connectivity index (χ0n) is 14.3. The lowest BCUT2D eigenvalue weighted by Crippen LogP contribution is -1.89. The maximum Gasteiger partial charge on any atom is -0.0103 e. The Hall–Kier alpha value is -3.12. The van der Waals surface area contributed by atoms with E-state index in [0.29, 0.717) is 0 Å². The number of rotatable bonds is 3. The first-order valence-electron chi connectivity index (χ1n) is 8.64. The summed E-state index contributed by atoms with van der Waals surface area (Å²) in [5, 5.41) is 0. The number of benzene rings is 4. The van der Waals surface area contributed by atoms with Gasteiger partial charge in [0.25, 0.3) is 0 Å². The SMILES string of the molecule is Cc1ccc(-c2ccccc2)cc1-c1ccccc1-c1ccccc1. The minimum Gasteiger partial charge on any atom is -0.0622 e. The molecule has 0 fully saturated rings. The first-order chi connectivity index (χ1) is 12.3. The van der Waals surface area contributed by atoms with Crippen LogP contribution in [-0.2, 0) is 0 Å². The van der Waals surface area contributed by atoms with Gasteiger partial charge in [-0.2, -0.15) is 0 Å². The molecular weight excluding hydrogens is 300 g/mol. The van der Waals surface area contributed by atoms with Crippen LogP contribution in [0.1, 0.15) is 5.56 Å². The molecule has 0 aliphatic carbocycles. The molecule has 0 aromatic heterocycles. The third-order valence-electron chi connectivity index (χ3n) is 4.65. The Morgan fingerprint density at radius 2 is 0.960 bits per heavy atom. The fraction of sp³-hybridized carbons (Fsp3) is 0.0400. The Morgan fingerprint density at radius 3 is 1.64 bits per heavy atom. The highest BCUT2D eigenvalue weighted by molar-refractivity contribution is 5.86. The summed E-state index contributed by atoms with van der Waals surface area (Å²) in [6, 6.07) is 36.6. The Morgan fingerprint density at radius 1 is 0.400 bits per heavy atom. The van der Waals surface area contributed by atoms with Crippen LogP contribution in [-0.4, -0.2) is 0 Å². The predicted octanol–water partition coefficient (Wildman–Crippen LogP) is 7.00. The standard InChI is InChI=1S/C25H20/c1-19-16-17-22(20-10-4-2-5-11-20)18-25(19)24-15-9-8-14-23(24)21-12-6-3-7-13-21/h2-18H,1H3. The smallest absolute Gasteiger partial charge is 0.0103 e. The van der Waals surface area contributed by atoms with Crippen LogP contribution in [0.25, 0.3) is 33.4 Å². The summed E-state index contributed by atoms with van der Waals surface area (Å²) in [5.74, 6) is 0. The van der Waals surface area contributed by atoms with Crippen molar-refractivity contribution < 1.29 is 0 Å². The molecule has 0 unspecified atom stereocenters. The highest BCUT2D eigenvalue weighted by atomic mass is 14.1. The van der Waals surface area contributed by atoms with E-state index in [1.54, 1.807) is 0 Å². The molecule has 25 heavy (non-hydrogen) atoms. The van der Waals surface area contributed by atoms with Crippen molar-refractivity contribution >= 4 is 0 Å². The van der Waals surface area contributed by atoms with Crippen LogP contribution < -0.4 is 0 Å². The van der Waals surface area contributed by atoms with Gasteiger partial charge in [0.05, 0.1) is 0 Å². The number of aryl methyl sites for hydroxylation is 1. The van der Waals surface area contributed by atoms with Gasteiger partial charge >= 0.3 is 0 Å². The molecule has 0 atom stereocenters. The zero-order valence-corrected chi connectivity index (χ0v) is 14.3.